The molecule has 54 heavy (non-hydrogen) atoms. The van der Waals surface area contributed by atoms with Crippen LogP contribution in [0.4, 0.5) is 14.5 Å². The van der Waals surface area contributed by atoms with Crippen LogP contribution < -0.4 is 14.4 Å². The zero-order chi connectivity index (χ0) is 38.4. The van der Waals surface area contributed by atoms with Crippen LogP contribution in [0.15, 0.2) is 71.6 Å². The van der Waals surface area contributed by atoms with Crippen LogP contribution in [-0.2, 0) is 41.8 Å². The fourth-order valence-corrected chi connectivity index (χ4v) is 9.74. The van der Waals surface area contributed by atoms with E-state index in [0.717, 1.165) is 43.7 Å². The molecule has 2 aliphatic heterocycles. The van der Waals surface area contributed by atoms with Gasteiger partial charge in [0.25, 0.3) is 15.9 Å². The number of rotatable bonds is 4. The standard InChI is InChI=1S/C40H44ClF2N3O7S/c1-45-17-4-3-7-35(52-2)30-12-8-26(30)22-46-23-39(16-5-6-25-18-28(41)10-13-31(25)39)24-53-36-15-9-27(19-34(36)46)40(49,21-37(45)47)38(48)44-54(50,51)29-11-14-32(42)33(43)20-29/h3,7,9-11,13-15,18-20,26,30,35,49H,4-6,8,12,16-17,21-24H2,1-2H3,(H,44,48)/b7-3-/t26-,30+,35-,39-,40+/m0/s1. The fourth-order valence-electron chi connectivity index (χ4n) is 8.50. The summed E-state index contributed by atoms with van der Waals surface area (Å²) in [5.74, 6) is -3.78. The molecule has 0 unspecified atom stereocenters. The van der Waals surface area contributed by atoms with E-state index in [1.165, 1.54) is 23.6 Å². The van der Waals surface area contributed by atoms with E-state index in [1.807, 2.05) is 29.0 Å². The minimum Gasteiger partial charge on any atom is -0.490 e. The zero-order valence-corrected chi connectivity index (χ0v) is 31.8. The molecule has 2 heterocycles. The van der Waals surface area contributed by atoms with Gasteiger partial charge in [-0.25, -0.2) is 21.9 Å². The molecule has 3 aromatic rings. The summed E-state index contributed by atoms with van der Waals surface area (Å²) in [6.45, 7) is 1.78. The highest BCUT2D eigenvalue weighted by molar-refractivity contribution is 7.90. The van der Waals surface area contributed by atoms with E-state index in [4.69, 9.17) is 21.1 Å². The van der Waals surface area contributed by atoms with E-state index in [2.05, 4.69) is 11.0 Å². The predicted octanol–water partition coefficient (Wildman–Crippen LogP) is 5.63. The van der Waals surface area contributed by atoms with Gasteiger partial charge in [-0.05, 0) is 110 Å². The molecule has 0 radical (unpaired) electrons. The van der Waals surface area contributed by atoms with Crippen molar-refractivity contribution in [2.24, 2.45) is 11.8 Å². The number of aryl methyl sites for hydroxylation is 1. The van der Waals surface area contributed by atoms with Gasteiger partial charge in [-0.15, -0.1) is 0 Å². The molecular formula is C40H44ClF2N3O7S. The largest absolute Gasteiger partial charge is 0.490 e. The maximum absolute atomic E-state index is 14.1. The Bertz CT molecular complexity index is 2100. The monoisotopic (exact) mass is 783 g/mol. The first-order valence-corrected chi connectivity index (χ1v) is 20.1. The van der Waals surface area contributed by atoms with Crippen molar-refractivity contribution in [2.45, 2.75) is 67.0 Å². The molecule has 1 saturated carbocycles. The van der Waals surface area contributed by atoms with Gasteiger partial charge < -0.3 is 24.4 Å². The maximum Gasteiger partial charge on any atom is 0.270 e. The van der Waals surface area contributed by atoms with Gasteiger partial charge in [0.15, 0.2) is 17.2 Å². The minimum absolute atomic E-state index is 0.0340. The molecule has 2 bridgehead atoms. The second-order valence-electron chi connectivity index (χ2n) is 15.1. The van der Waals surface area contributed by atoms with Gasteiger partial charge in [0.2, 0.25) is 5.91 Å². The lowest BCUT2D eigenvalue weighted by atomic mass is 9.68. The SMILES string of the molecule is CO[C@H]1/C=C\CCN(C)C(=O)C[C@](O)(C(=O)NS(=O)(=O)c2ccc(F)c(F)c2)c2ccc3c(c2)N(C[C@@H]2CC[C@H]21)C[C@@]1(CCCc2cc(Cl)ccc21)CO3. The molecule has 14 heteroatoms. The molecule has 2 aliphatic carbocycles. The highest BCUT2D eigenvalue weighted by Crippen LogP contribution is 2.48. The lowest BCUT2D eigenvalue weighted by molar-refractivity contribution is -0.148. The van der Waals surface area contributed by atoms with Crippen molar-refractivity contribution >= 4 is 39.1 Å². The summed E-state index contributed by atoms with van der Waals surface area (Å²) in [7, 11) is -1.58. The van der Waals surface area contributed by atoms with Crippen molar-refractivity contribution in [3.8, 4) is 5.75 Å². The Hall–Kier alpha value is -4.04. The average molecular weight is 784 g/mol. The van der Waals surface area contributed by atoms with E-state index in [1.54, 1.807) is 19.2 Å². The number of hydrogen-bond donors (Lipinski definition) is 2. The quantitative estimate of drug-likeness (QED) is 0.327. The number of sulfonamides is 1. The molecule has 4 aliphatic rings. The summed E-state index contributed by atoms with van der Waals surface area (Å²) < 4.78 is 68.8. The van der Waals surface area contributed by atoms with Crippen molar-refractivity contribution in [3.63, 3.8) is 0 Å². The average Bonchev–Trinajstić information content (AvgIpc) is 3.28. The Morgan fingerprint density at radius 2 is 1.91 bits per heavy atom. The highest BCUT2D eigenvalue weighted by Gasteiger charge is 2.47. The molecule has 3 aromatic carbocycles. The van der Waals surface area contributed by atoms with Crippen molar-refractivity contribution < 1.29 is 41.4 Å². The second kappa shape index (κ2) is 14.9. The second-order valence-corrected chi connectivity index (χ2v) is 17.2. The van der Waals surface area contributed by atoms with Gasteiger partial charge in [-0.2, -0.15) is 0 Å². The van der Waals surface area contributed by atoms with Crippen molar-refractivity contribution in [1.82, 2.24) is 9.62 Å². The van der Waals surface area contributed by atoms with E-state index >= 15 is 0 Å². The van der Waals surface area contributed by atoms with Crippen molar-refractivity contribution in [1.29, 1.82) is 0 Å². The summed E-state index contributed by atoms with van der Waals surface area (Å²) >= 11 is 6.44. The Labute approximate surface area is 319 Å². The van der Waals surface area contributed by atoms with Crippen molar-refractivity contribution in [3.05, 3.63) is 100 Å². The summed E-state index contributed by atoms with van der Waals surface area (Å²) in [6.07, 6.45) is 8.15. The van der Waals surface area contributed by atoms with Gasteiger partial charge in [-0.1, -0.05) is 35.9 Å². The number of aliphatic hydroxyl groups is 1. The Morgan fingerprint density at radius 3 is 2.65 bits per heavy atom. The number of anilines is 1. The third-order valence-corrected chi connectivity index (χ3v) is 13.3. The number of nitrogens with zero attached hydrogens (tertiary/aromatic N) is 2. The number of nitrogens with one attached hydrogen (secondary N) is 1. The molecule has 1 spiro atoms. The molecule has 1 fully saturated rings. The highest BCUT2D eigenvalue weighted by atomic mass is 35.5. The lowest BCUT2D eigenvalue weighted by Crippen LogP contribution is -2.50. The number of hydrogen-bond acceptors (Lipinski definition) is 8. The molecule has 2 N–H and O–H groups in total. The molecule has 0 saturated heterocycles. The Morgan fingerprint density at radius 1 is 1.09 bits per heavy atom. The smallest absolute Gasteiger partial charge is 0.270 e. The van der Waals surface area contributed by atoms with Gasteiger partial charge >= 0.3 is 0 Å². The molecule has 5 atom stereocenters. The van der Waals surface area contributed by atoms with Crippen LogP contribution >= 0.6 is 11.6 Å². The Kier molecular flexibility index (Phi) is 10.5. The molecule has 0 aromatic heterocycles. The topological polar surface area (TPSA) is 125 Å². The van der Waals surface area contributed by atoms with Crippen LogP contribution in [0.25, 0.3) is 0 Å². The van der Waals surface area contributed by atoms with Crippen LogP contribution in [0.1, 0.15) is 55.2 Å². The third-order valence-electron chi connectivity index (χ3n) is 11.7. The van der Waals surface area contributed by atoms with E-state index in [0.29, 0.717) is 54.7 Å². The fraction of sp³-hybridized carbons (Fsp3) is 0.450. The van der Waals surface area contributed by atoms with E-state index in [9.17, 15) is 31.9 Å². The number of fused-ring (bicyclic) bond motifs is 4. The van der Waals surface area contributed by atoms with E-state index in [-0.39, 0.29) is 30.0 Å². The predicted molar refractivity (Wildman–Crippen MR) is 199 cm³/mol. The summed E-state index contributed by atoms with van der Waals surface area (Å²) in [6, 6.07) is 12.6. The normalized spacial score (nSPS) is 27.9. The summed E-state index contributed by atoms with van der Waals surface area (Å²) in [5, 5.41) is 13.0. The first-order chi connectivity index (χ1) is 25.7. The summed E-state index contributed by atoms with van der Waals surface area (Å²) in [5.41, 5.74) is -0.240. The van der Waals surface area contributed by atoms with Crippen LogP contribution in [0.3, 0.4) is 0 Å². The molecular weight excluding hydrogens is 740 g/mol. The van der Waals surface area contributed by atoms with Gasteiger partial charge in [0.05, 0.1) is 29.7 Å². The number of carbonyl (C=O) groups excluding carboxylic acids is 2. The summed E-state index contributed by atoms with van der Waals surface area (Å²) in [4.78, 5) is 30.7. The lowest BCUT2D eigenvalue weighted by Gasteiger charge is -2.46. The van der Waals surface area contributed by atoms with Gasteiger partial charge in [0, 0.05) is 44.2 Å². The molecule has 288 valence electrons. The van der Waals surface area contributed by atoms with Gasteiger partial charge in [0.1, 0.15) is 5.75 Å². The van der Waals surface area contributed by atoms with Crippen LogP contribution in [-0.4, -0.2) is 76.7 Å². The minimum atomic E-state index is -4.82. The van der Waals surface area contributed by atoms with E-state index < -0.39 is 55.8 Å². The van der Waals surface area contributed by atoms with Crippen molar-refractivity contribution in [2.75, 3.05) is 45.3 Å². The Balaban J connectivity index is 1.33. The van der Waals surface area contributed by atoms with Crippen LogP contribution in [0, 0.1) is 23.5 Å². The number of methoxy groups -OCH3 is 1. The third kappa shape index (κ3) is 7.23. The first kappa shape index (κ1) is 38.2. The number of ether oxygens (including phenoxy) is 2. The van der Waals surface area contributed by atoms with Crippen LogP contribution in [0.5, 0.6) is 5.75 Å². The molecule has 2 amide bonds. The zero-order valence-electron chi connectivity index (χ0n) is 30.2. The van der Waals surface area contributed by atoms with Crippen LogP contribution in [0.2, 0.25) is 5.02 Å². The molecule has 10 nitrogen and oxygen atoms in total. The number of halogens is 3. The maximum atomic E-state index is 14.1. The number of amides is 2. The molecule has 7 rings (SSSR count). The number of benzene rings is 3. The number of carbonyl (C=O) groups is 2. The van der Waals surface area contributed by atoms with Gasteiger partial charge in [-0.3, -0.25) is 9.59 Å². The first-order valence-electron chi connectivity index (χ1n) is 18.2.